The number of ether oxygens (including phenoxy) is 3. The fourth-order valence-corrected chi connectivity index (χ4v) is 6.96. The van der Waals surface area contributed by atoms with Crippen LogP contribution < -0.4 is 0 Å². The topological polar surface area (TPSA) is 37.6 Å². The highest BCUT2D eigenvalue weighted by molar-refractivity contribution is 6.79. The first-order valence-electron chi connectivity index (χ1n) is 5.58. The van der Waals surface area contributed by atoms with Gasteiger partial charge < -0.3 is 14.2 Å². The van der Waals surface area contributed by atoms with E-state index in [2.05, 4.69) is 6.55 Å². The first-order chi connectivity index (χ1) is 6.73. The van der Waals surface area contributed by atoms with Gasteiger partial charge in [-0.1, -0.05) is 6.55 Å². The van der Waals surface area contributed by atoms with Crippen molar-refractivity contribution in [3.8, 4) is 0 Å². The van der Waals surface area contributed by atoms with Gasteiger partial charge in [0.25, 0.3) is 0 Å². The minimum absolute atomic E-state index is 0.587. The van der Waals surface area contributed by atoms with Gasteiger partial charge >= 0.3 is 0 Å². The van der Waals surface area contributed by atoms with Crippen LogP contribution in [0.5, 0.6) is 0 Å². The van der Waals surface area contributed by atoms with Gasteiger partial charge in [0.1, 0.15) is 0 Å². The van der Waals surface area contributed by atoms with Gasteiger partial charge in [-0.25, -0.2) is 0 Å². The van der Waals surface area contributed by atoms with Crippen LogP contribution >= 0.6 is 0 Å². The largest absolute Gasteiger partial charge is 0.373 e. The third-order valence-electron chi connectivity index (χ3n) is 3.37. The molecule has 0 aromatic rings. The van der Waals surface area contributed by atoms with Crippen LogP contribution in [0.15, 0.2) is 0 Å². The summed E-state index contributed by atoms with van der Waals surface area (Å²) >= 11 is 0. The number of hydrogen-bond acceptors (Lipinski definition) is 3. The van der Waals surface area contributed by atoms with Gasteiger partial charge in [0.05, 0.1) is 46.2 Å². The molecule has 3 unspecified atom stereocenters. The third-order valence-corrected chi connectivity index (χ3v) is 7.69. The number of rotatable bonds is 6. The molecule has 4 heteroatoms. The van der Waals surface area contributed by atoms with Crippen molar-refractivity contribution in [2.45, 2.75) is 43.0 Å². The summed E-state index contributed by atoms with van der Waals surface area (Å²) in [6.45, 7) is 5.50. The van der Waals surface area contributed by atoms with Crippen LogP contribution in [0.3, 0.4) is 0 Å². The zero-order valence-electron chi connectivity index (χ0n) is 8.70. The highest BCUT2D eigenvalue weighted by Gasteiger charge is 2.44. The maximum Gasteiger partial charge on any atom is 0.0786 e. The lowest BCUT2D eigenvalue weighted by Crippen LogP contribution is -2.35. The average molecular weight is 214 g/mol. The summed E-state index contributed by atoms with van der Waals surface area (Å²) in [6, 6.07) is 3.98. The lowest BCUT2D eigenvalue weighted by atomic mass is 10.5. The van der Waals surface area contributed by atoms with Crippen LogP contribution in [0, 0.1) is 0 Å². The molecule has 3 aliphatic heterocycles. The fourth-order valence-electron chi connectivity index (χ4n) is 2.46. The van der Waals surface area contributed by atoms with Gasteiger partial charge in [0.15, 0.2) is 0 Å². The predicted molar refractivity (Wildman–Crippen MR) is 55.3 cm³/mol. The second-order valence-corrected chi connectivity index (χ2v) is 10.1. The van der Waals surface area contributed by atoms with Gasteiger partial charge in [0, 0.05) is 0 Å². The molecule has 80 valence electrons. The number of epoxide rings is 3. The van der Waals surface area contributed by atoms with Gasteiger partial charge in [-0.3, -0.25) is 0 Å². The molecule has 14 heavy (non-hydrogen) atoms. The zero-order chi connectivity index (χ0) is 9.60. The standard InChI is InChI=1S/C10H18O3Si/c1-14(5-8-2-11-8,6-9-3-12-9)7-10-4-13-10/h8-10H,2-7H2,1H3. The minimum Gasteiger partial charge on any atom is -0.373 e. The second kappa shape index (κ2) is 3.30. The molecule has 0 radical (unpaired) electrons. The normalized spacial score (nSPS) is 43.1. The Hall–Kier alpha value is 0.0969. The summed E-state index contributed by atoms with van der Waals surface area (Å²) in [5, 5.41) is 0. The van der Waals surface area contributed by atoms with Gasteiger partial charge in [-0.15, -0.1) is 0 Å². The van der Waals surface area contributed by atoms with Gasteiger partial charge in [-0.05, 0) is 18.1 Å². The average Bonchev–Trinajstić information content (AvgIpc) is 2.90. The molecule has 3 fully saturated rings. The van der Waals surface area contributed by atoms with Gasteiger partial charge in [-0.2, -0.15) is 0 Å². The van der Waals surface area contributed by atoms with E-state index in [9.17, 15) is 0 Å². The smallest absolute Gasteiger partial charge is 0.0786 e. The van der Waals surface area contributed by atoms with E-state index in [1.807, 2.05) is 0 Å². The summed E-state index contributed by atoms with van der Waals surface area (Å²) in [7, 11) is -1.13. The molecule has 3 rings (SSSR count). The maximum absolute atomic E-state index is 5.36. The van der Waals surface area contributed by atoms with E-state index in [-0.39, 0.29) is 0 Å². The zero-order valence-corrected chi connectivity index (χ0v) is 9.70. The van der Waals surface area contributed by atoms with E-state index in [4.69, 9.17) is 14.2 Å². The summed E-state index contributed by atoms with van der Waals surface area (Å²) in [5.41, 5.74) is 0. The Labute approximate surface area is 85.7 Å². The first-order valence-corrected chi connectivity index (χ1v) is 8.70. The molecule has 3 nitrogen and oxygen atoms in total. The van der Waals surface area contributed by atoms with E-state index in [1.54, 1.807) is 0 Å². The first kappa shape index (κ1) is 9.33. The highest BCUT2D eigenvalue weighted by Crippen LogP contribution is 2.37. The molecular formula is C10H18O3Si. The Morgan fingerprint density at radius 1 is 0.857 bits per heavy atom. The number of hydrogen-bond donors (Lipinski definition) is 0. The lowest BCUT2D eigenvalue weighted by molar-refractivity contribution is 0.407. The van der Waals surface area contributed by atoms with Crippen LogP contribution in [-0.2, 0) is 14.2 Å². The van der Waals surface area contributed by atoms with Crippen molar-refractivity contribution in [2.24, 2.45) is 0 Å². The quantitative estimate of drug-likeness (QED) is 0.493. The third kappa shape index (κ3) is 2.57. The van der Waals surface area contributed by atoms with E-state index < -0.39 is 8.07 Å². The van der Waals surface area contributed by atoms with E-state index in [0.717, 1.165) is 19.8 Å². The Bertz CT molecular complexity index is 185. The lowest BCUT2D eigenvalue weighted by Gasteiger charge is -2.25. The summed E-state index contributed by atoms with van der Waals surface area (Å²) < 4.78 is 16.1. The monoisotopic (exact) mass is 214 g/mol. The Morgan fingerprint density at radius 2 is 1.14 bits per heavy atom. The van der Waals surface area contributed by atoms with Crippen molar-refractivity contribution in [3.05, 3.63) is 0 Å². The van der Waals surface area contributed by atoms with Crippen LogP contribution in [0.25, 0.3) is 0 Å². The van der Waals surface area contributed by atoms with Crippen molar-refractivity contribution in [1.82, 2.24) is 0 Å². The SMILES string of the molecule is C[Si](CC1CO1)(CC1CO1)CC1CO1. The second-order valence-electron chi connectivity index (χ2n) is 5.29. The molecule has 3 saturated heterocycles. The van der Waals surface area contributed by atoms with Crippen LogP contribution in [-0.4, -0.2) is 46.2 Å². The molecule has 0 aromatic carbocycles. The van der Waals surface area contributed by atoms with E-state index in [1.165, 1.54) is 18.1 Å². The van der Waals surface area contributed by atoms with Crippen LogP contribution in [0.2, 0.25) is 24.7 Å². The minimum atomic E-state index is -1.13. The summed E-state index contributed by atoms with van der Waals surface area (Å²) in [5.74, 6) is 0. The Balaban J connectivity index is 1.56. The molecule has 0 bridgehead atoms. The molecule has 0 aliphatic carbocycles. The van der Waals surface area contributed by atoms with E-state index >= 15 is 0 Å². The molecule has 3 aliphatic rings. The molecule has 0 amide bonds. The van der Waals surface area contributed by atoms with Gasteiger partial charge in [0.2, 0.25) is 0 Å². The molecule has 0 aromatic heterocycles. The van der Waals surface area contributed by atoms with Crippen molar-refractivity contribution < 1.29 is 14.2 Å². The van der Waals surface area contributed by atoms with E-state index in [0.29, 0.717) is 18.3 Å². The highest BCUT2D eigenvalue weighted by atomic mass is 28.3. The molecule has 0 saturated carbocycles. The van der Waals surface area contributed by atoms with Crippen molar-refractivity contribution in [3.63, 3.8) is 0 Å². The van der Waals surface area contributed by atoms with Crippen molar-refractivity contribution >= 4 is 8.07 Å². The fraction of sp³-hybridized carbons (Fsp3) is 1.00. The molecule has 0 N–H and O–H groups in total. The molecular weight excluding hydrogens is 196 g/mol. The summed E-state index contributed by atoms with van der Waals surface area (Å²) in [4.78, 5) is 0. The Kier molecular flexibility index (Phi) is 2.20. The molecule has 3 heterocycles. The molecule has 3 atom stereocenters. The summed E-state index contributed by atoms with van der Waals surface area (Å²) in [6.07, 6.45) is 1.76. The van der Waals surface area contributed by atoms with Crippen LogP contribution in [0.1, 0.15) is 0 Å². The van der Waals surface area contributed by atoms with Crippen molar-refractivity contribution in [1.29, 1.82) is 0 Å². The van der Waals surface area contributed by atoms with Crippen LogP contribution in [0.4, 0.5) is 0 Å². The Morgan fingerprint density at radius 3 is 1.36 bits per heavy atom. The maximum atomic E-state index is 5.36. The molecule has 0 spiro atoms. The van der Waals surface area contributed by atoms with Crippen molar-refractivity contribution in [2.75, 3.05) is 19.8 Å². The predicted octanol–water partition coefficient (Wildman–Crippen LogP) is 1.26.